The summed E-state index contributed by atoms with van der Waals surface area (Å²) in [5, 5.41) is 0.964. The third-order valence-electron chi connectivity index (χ3n) is 5.81. The second-order valence-electron chi connectivity index (χ2n) is 7.24. The molecule has 0 aromatic rings. The number of rotatable bonds is 2. The number of hydrogen-bond acceptors (Lipinski definition) is 3. The van der Waals surface area contributed by atoms with Crippen LogP contribution in [0.5, 0.6) is 0 Å². The second-order valence-corrected chi connectivity index (χ2v) is 7.24. The van der Waals surface area contributed by atoms with Crippen LogP contribution in [0.2, 0.25) is 0 Å². The molecule has 1 saturated heterocycles. The third kappa shape index (κ3) is 1.66. The van der Waals surface area contributed by atoms with Gasteiger partial charge in [0.05, 0.1) is 11.8 Å². The van der Waals surface area contributed by atoms with E-state index in [1.807, 2.05) is 6.92 Å². The minimum atomic E-state index is -0.389. The first kappa shape index (κ1) is 14.3. The van der Waals surface area contributed by atoms with Crippen molar-refractivity contribution in [3.05, 3.63) is 12.2 Å². The third-order valence-corrected chi connectivity index (χ3v) is 5.81. The van der Waals surface area contributed by atoms with Crippen molar-refractivity contribution in [2.24, 2.45) is 28.6 Å². The van der Waals surface area contributed by atoms with Crippen LogP contribution in [-0.2, 0) is 14.4 Å². The van der Waals surface area contributed by atoms with Crippen molar-refractivity contribution < 1.29 is 14.4 Å². The molecule has 114 valence electrons. The fourth-order valence-corrected chi connectivity index (χ4v) is 4.50. The van der Waals surface area contributed by atoms with E-state index in [4.69, 9.17) is 0 Å². The number of imide groups is 1. The average molecular weight is 290 g/mol. The number of hydrazine groups is 1. The fraction of sp³-hybridized carbons (Fsp3) is 0.688. The van der Waals surface area contributed by atoms with Crippen molar-refractivity contribution in [3.63, 3.8) is 0 Å². The van der Waals surface area contributed by atoms with Gasteiger partial charge in [-0.05, 0) is 24.2 Å². The molecule has 0 radical (unpaired) electrons. The molecule has 0 spiro atoms. The number of nitrogens with one attached hydrogen (secondary N) is 1. The molecule has 0 aromatic carbocycles. The highest BCUT2D eigenvalue weighted by atomic mass is 16.2. The summed E-state index contributed by atoms with van der Waals surface area (Å²) in [6, 6.07) is 0. The minimum Gasteiger partial charge on any atom is -0.274 e. The highest BCUT2D eigenvalue weighted by molar-refractivity contribution is 6.07. The molecule has 1 heterocycles. The summed E-state index contributed by atoms with van der Waals surface area (Å²) in [5.74, 6) is -1.31. The molecule has 2 bridgehead atoms. The molecule has 21 heavy (non-hydrogen) atoms. The molecule has 1 saturated carbocycles. The topological polar surface area (TPSA) is 66.5 Å². The van der Waals surface area contributed by atoms with Gasteiger partial charge in [0, 0.05) is 12.3 Å². The van der Waals surface area contributed by atoms with Crippen LogP contribution < -0.4 is 5.43 Å². The smallest absolute Gasteiger partial charge is 0.253 e. The summed E-state index contributed by atoms with van der Waals surface area (Å²) in [6.45, 7) is 7.57. The Bertz CT molecular complexity index is 568. The molecule has 3 amide bonds. The second kappa shape index (κ2) is 4.18. The molecular weight excluding hydrogens is 268 g/mol. The van der Waals surface area contributed by atoms with Gasteiger partial charge in [-0.3, -0.25) is 19.8 Å². The van der Waals surface area contributed by atoms with Crippen molar-refractivity contribution in [3.8, 4) is 0 Å². The summed E-state index contributed by atoms with van der Waals surface area (Å²) in [7, 11) is 0. The van der Waals surface area contributed by atoms with Crippen LogP contribution in [0.25, 0.3) is 0 Å². The standard InChI is InChI=1S/C16H22N2O3/c1-9(2)16-7-5-15(4,6-8-16)11-12(16)14(21)18(13(11)20)17-10(3)19/h5,7,9,11-12H,6,8H2,1-4H3,(H,17,19). The molecule has 0 aromatic heterocycles. The zero-order valence-corrected chi connectivity index (χ0v) is 13.0. The van der Waals surface area contributed by atoms with Gasteiger partial charge < -0.3 is 0 Å². The Morgan fingerprint density at radius 1 is 1.24 bits per heavy atom. The van der Waals surface area contributed by atoms with Crippen LogP contribution >= 0.6 is 0 Å². The van der Waals surface area contributed by atoms with E-state index >= 15 is 0 Å². The predicted octanol–water partition coefficient (Wildman–Crippen LogP) is 1.65. The highest BCUT2D eigenvalue weighted by Gasteiger charge is 2.67. The van der Waals surface area contributed by atoms with Gasteiger partial charge in [0.2, 0.25) is 5.91 Å². The zero-order chi connectivity index (χ0) is 15.6. The lowest BCUT2D eigenvalue weighted by molar-refractivity contribution is -0.149. The average Bonchev–Trinajstić information content (AvgIpc) is 2.66. The maximum Gasteiger partial charge on any atom is 0.253 e. The number of hydrogen-bond donors (Lipinski definition) is 1. The van der Waals surface area contributed by atoms with Gasteiger partial charge in [0.1, 0.15) is 0 Å². The Labute approximate surface area is 124 Å². The number of carbonyl (C=O) groups excluding carboxylic acids is 3. The maximum absolute atomic E-state index is 12.8. The van der Waals surface area contributed by atoms with E-state index in [1.165, 1.54) is 6.92 Å². The largest absolute Gasteiger partial charge is 0.274 e. The van der Waals surface area contributed by atoms with E-state index in [-0.39, 0.29) is 46.3 Å². The van der Waals surface area contributed by atoms with Gasteiger partial charge in [-0.1, -0.05) is 32.9 Å². The lowest BCUT2D eigenvalue weighted by Crippen LogP contribution is -2.53. The Morgan fingerprint density at radius 2 is 1.86 bits per heavy atom. The molecule has 4 rings (SSSR count). The first-order chi connectivity index (χ1) is 9.73. The summed E-state index contributed by atoms with van der Waals surface area (Å²) in [6.07, 6.45) is 6.12. The van der Waals surface area contributed by atoms with Gasteiger partial charge in [-0.15, -0.1) is 0 Å². The Morgan fingerprint density at radius 3 is 2.33 bits per heavy atom. The van der Waals surface area contributed by atoms with Gasteiger partial charge in [-0.2, -0.15) is 5.01 Å². The fourth-order valence-electron chi connectivity index (χ4n) is 4.50. The van der Waals surface area contributed by atoms with Crippen molar-refractivity contribution >= 4 is 17.7 Å². The van der Waals surface area contributed by atoms with Crippen LogP contribution in [-0.4, -0.2) is 22.7 Å². The van der Waals surface area contributed by atoms with Crippen LogP contribution in [0.3, 0.4) is 0 Å². The van der Waals surface area contributed by atoms with Crippen LogP contribution in [0.1, 0.15) is 40.5 Å². The summed E-state index contributed by atoms with van der Waals surface area (Å²) >= 11 is 0. The molecule has 2 fully saturated rings. The van der Waals surface area contributed by atoms with Gasteiger partial charge in [0.15, 0.2) is 0 Å². The molecule has 5 heteroatoms. The number of fused-ring (bicyclic) bond motifs is 1. The van der Waals surface area contributed by atoms with Gasteiger partial charge >= 0.3 is 0 Å². The molecule has 4 atom stereocenters. The van der Waals surface area contributed by atoms with Crippen LogP contribution in [0.4, 0.5) is 0 Å². The molecule has 1 aliphatic heterocycles. The van der Waals surface area contributed by atoms with Gasteiger partial charge in [-0.25, -0.2) is 0 Å². The van der Waals surface area contributed by atoms with Crippen molar-refractivity contribution in [1.29, 1.82) is 0 Å². The molecule has 4 aliphatic rings. The number of nitrogens with zero attached hydrogens (tertiary/aromatic N) is 1. The van der Waals surface area contributed by atoms with Crippen LogP contribution in [0.15, 0.2) is 12.2 Å². The first-order valence-electron chi connectivity index (χ1n) is 7.58. The number of allylic oxidation sites excluding steroid dienone is 2. The highest BCUT2D eigenvalue weighted by Crippen LogP contribution is 2.63. The SMILES string of the molecule is CC(=O)NN1C(=O)C2C(C1=O)C1(C(C)C)C=CC2(C)CC1. The van der Waals surface area contributed by atoms with Crippen LogP contribution in [0, 0.1) is 28.6 Å². The van der Waals surface area contributed by atoms with E-state index in [9.17, 15) is 14.4 Å². The summed E-state index contributed by atoms with van der Waals surface area (Å²) < 4.78 is 0. The van der Waals surface area contributed by atoms with E-state index in [1.54, 1.807) is 0 Å². The first-order valence-corrected chi connectivity index (χ1v) is 7.58. The quantitative estimate of drug-likeness (QED) is 0.621. The monoisotopic (exact) mass is 290 g/mol. The molecule has 5 nitrogen and oxygen atoms in total. The molecule has 3 aliphatic carbocycles. The normalized spacial score (nSPS) is 40.9. The lowest BCUT2D eigenvalue weighted by Gasteiger charge is -2.55. The van der Waals surface area contributed by atoms with Crippen molar-refractivity contribution in [1.82, 2.24) is 10.4 Å². The van der Waals surface area contributed by atoms with Gasteiger partial charge in [0.25, 0.3) is 11.8 Å². The summed E-state index contributed by atoms with van der Waals surface area (Å²) in [4.78, 5) is 36.8. The zero-order valence-electron chi connectivity index (χ0n) is 13.0. The van der Waals surface area contributed by atoms with Crippen molar-refractivity contribution in [2.75, 3.05) is 0 Å². The Balaban J connectivity index is 2.10. The van der Waals surface area contributed by atoms with Crippen molar-refractivity contribution in [2.45, 2.75) is 40.5 Å². The Hall–Kier alpha value is -1.65. The number of amides is 3. The minimum absolute atomic E-state index is 0.246. The predicted molar refractivity (Wildman–Crippen MR) is 76.4 cm³/mol. The lowest BCUT2D eigenvalue weighted by atomic mass is 9.46. The molecule has 1 N–H and O–H groups in total. The Kier molecular flexibility index (Phi) is 2.85. The van der Waals surface area contributed by atoms with E-state index in [2.05, 4.69) is 31.4 Å². The number of carbonyl (C=O) groups is 3. The van der Waals surface area contributed by atoms with E-state index in [0.717, 1.165) is 17.9 Å². The van der Waals surface area contributed by atoms with E-state index < -0.39 is 0 Å². The molecule has 4 unspecified atom stereocenters. The van der Waals surface area contributed by atoms with E-state index in [0.29, 0.717) is 0 Å². The molecular formula is C16H22N2O3. The maximum atomic E-state index is 12.8. The summed E-state index contributed by atoms with van der Waals surface area (Å²) in [5.41, 5.74) is 1.87.